The van der Waals surface area contributed by atoms with Crippen molar-refractivity contribution in [3.05, 3.63) is 69.7 Å². The average molecular weight is 454 g/mol. The lowest BCUT2D eigenvalue weighted by molar-refractivity contribution is 0.0696. The summed E-state index contributed by atoms with van der Waals surface area (Å²) in [4.78, 5) is 21.9. The molecule has 2 heterocycles. The van der Waals surface area contributed by atoms with Crippen molar-refractivity contribution in [3.63, 3.8) is 0 Å². The van der Waals surface area contributed by atoms with Gasteiger partial charge in [-0.1, -0.05) is 24.6 Å². The minimum absolute atomic E-state index is 0.233. The van der Waals surface area contributed by atoms with Gasteiger partial charge in [0.15, 0.2) is 5.82 Å². The molecule has 8 heteroatoms. The minimum Gasteiger partial charge on any atom is -0.495 e. The zero-order valence-corrected chi connectivity index (χ0v) is 18.5. The van der Waals surface area contributed by atoms with Crippen LogP contribution in [0.25, 0.3) is 21.6 Å². The number of rotatable bonds is 7. The van der Waals surface area contributed by atoms with E-state index in [2.05, 4.69) is 15.3 Å². The molecule has 2 N–H and O–H groups in total. The highest BCUT2D eigenvalue weighted by atomic mass is 35.5. The Kier molecular flexibility index (Phi) is 6.06. The number of halogens is 1. The second-order valence-corrected chi connectivity index (χ2v) is 8.22. The molecule has 4 rings (SSSR count). The molecule has 0 aliphatic heterocycles. The summed E-state index contributed by atoms with van der Waals surface area (Å²) >= 11 is 7.72. The predicted octanol–water partition coefficient (Wildman–Crippen LogP) is 5.89. The lowest BCUT2D eigenvalue weighted by Crippen LogP contribution is -2.08. The Morgan fingerprint density at radius 2 is 2.10 bits per heavy atom. The monoisotopic (exact) mass is 453 g/mol. The van der Waals surface area contributed by atoms with Crippen LogP contribution < -0.4 is 10.1 Å². The largest absolute Gasteiger partial charge is 0.495 e. The molecular formula is C23H20ClN3O3S. The summed E-state index contributed by atoms with van der Waals surface area (Å²) in [5.74, 6) is 0.0290. The lowest BCUT2D eigenvalue weighted by Gasteiger charge is -2.15. The van der Waals surface area contributed by atoms with E-state index in [0.29, 0.717) is 35.1 Å². The van der Waals surface area contributed by atoms with E-state index >= 15 is 0 Å². The van der Waals surface area contributed by atoms with Gasteiger partial charge in [-0.2, -0.15) is 0 Å². The molecule has 0 fully saturated rings. The number of hydrogen-bond donors (Lipinski definition) is 2. The van der Waals surface area contributed by atoms with E-state index in [4.69, 9.17) is 16.3 Å². The van der Waals surface area contributed by atoms with Crippen LogP contribution in [0.1, 0.15) is 28.4 Å². The molecule has 0 amide bonds. The van der Waals surface area contributed by atoms with Gasteiger partial charge in [0.2, 0.25) is 0 Å². The van der Waals surface area contributed by atoms with Gasteiger partial charge in [0, 0.05) is 29.4 Å². The molecule has 0 saturated carbocycles. The third-order valence-electron chi connectivity index (χ3n) is 4.98. The number of hydrogen-bond acceptors (Lipinski definition) is 6. The first-order valence-corrected chi connectivity index (χ1v) is 10.9. The number of aromatic carboxylic acids is 1. The number of anilines is 1. The van der Waals surface area contributed by atoms with Crippen molar-refractivity contribution in [1.29, 1.82) is 0 Å². The quantitative estimate of drug-likeness (QED) is 0.362. The summed E-state index contributed by atoms with van der Waals surface area (Å²) in [6, 6.07) is 11.2. The first kappa shape index (κ1) is 21.1. The van der Waals surface area contributed by atoms with Crippen molar-refractivity contribution in [1.82, 2.24) is 9.97 Å². The zero-order valence-electron chi connectivity index (χ0n) is 17.0. The first-order chi connectivity index (χ1) is 15.0. The summed E-state index contributed by atoms with van der Waals surface area (Å²) in [6.45, 7) is 2.45. The fourth-order valence-electron chi connectivity index (χ4n) is 3.42. The summed E-state index contributed by atoms with van der Waals surface area (Å²) in [5, 5.41) is 16.7. The number of carboxylic acid groups (broad SMARTS) is 1. The molecule has 4 aromatic rings. The van der Waals surface area contributed by atoms with Crippen molar-refractivity contribution in [3.8, 4) is 17.1 Å². The summed E-state index contributed by atoms with van der Waals surface area (Å²) < 4.78 is 5.20. The molecule has 0 aliphatic rings. The standard InChI is InChI=1S/C23H20ClN3O3S/c1-3-14-9-16(25-11-13-4-5-19(30-2)18(24)8-13)10-17(20(14)23(28)29)21-26-12-15-6-7-31-22(15)27-21/h4-10,12,25H,3,11H2,1-2H3,(H,28,29). The average Bonchev–Trinajstić information content (AvgIpc) is 3.24. The van der Waals surface area contributed by atoms with Crippen LogP contribution in [0.2, 0.25) is 5.02 Å². The highest BCUT2D eigenvalue weighted by Crippen LogP contribution is 2.31. The van der Waals surface area contributed by atoms with E-state index in [-0.39, 0.29) is 5.56 Å². The Balaban J connectivity index is 1.72. The summed E-state index contributed by atoms with van der Waals surface area (Å²) in [5.41, 5.74) is 3.21. The van der Waals surface area contributed by atoms with Crippen LogP contribution in [0.5, 0.6) is 5.75 Å². The number of ether oxygens (including phenoxy) is 1. The van der Waals surface area contributed by atoms with E-state index in [0.717, 1.165) is 27.0 Å². The maximum atomic E-state index is 12.1. The van der Waals surface area contributed by atoms with Gasteiger partial charge < -0.3 is 15.2 Å². The minimum atomic E-state index is -0.991. The molecule has 0 radical (unpaired) electrons. The molecule has 0 atom stereocenters. The highest BCUT2D eigenvalue weighted by molar-refractivity contribution is 7.16. The lowest BCUT2D eigenvalue weighted by atomic mass is 9.97. The van der Waals surface area contributed by atoms with Crippen LogP contribution in [-0.2, 0) is 13.0 Å². The van der Waals surface area contributed by atoms with Gasteiger partial charge >= 0.3 is 5.97 Å². The number of benzene rings is 2. The molecule has 2 aromatic carbocycles. The Morgan fingerprint density at radius 3 is 2.81 bits per heavy atom. The van der Waals surface area contributed by atoms with Crippen LogP contribution in [0.15, 0.2) is 48.0 Å². The predicted molar refractivity (Wildman–Crippen MR) is 125 cm³/mol. The number of methoxy groups -OCH3 is 1. The van der Waals surface area contributed by atoms with E-state index in [1.165, 1.54) is 11.3 Å². The summed E-state index contributed by atoms with van der Waals surface area (Å²) in [7, 11) is 1.58. The van der Waals surface area contributed by atoms with Crippen molar-refractivity contribution in [2.24, 2.45) is 0 Å². The molecular weight excluding hydrogens is 434 g/mol. The number of thiophene rings is 1. The third-order valence-corrected chi connectivity index (χ3v) is 6.09. The Morgan fingerprint density at radius 1 is 1.26 bits per heavy atom. The number of carbonyl (C=O) groups is 1. The maximum Gasteiger partial charge on any atom is 0.336 e. The van der Waals surface area contributed by atoms with Gasteiger partial charge in [-0.15, -0.1) is 11.3 Å². The van der Waals surface area contributed by atoms with Crippen LogP contribution in [0.3, 0.4) is 0 Å². The third kappa shape index (κ3) is 4.33. The first-order valence-electron chi connectivity index (χ1n) is 9.67. The second-order valence-electron chi connectivity index (χ2n) is 6.91. The van der Waals surface area contributed by atoms with Crippen LogP contribution in [0, 0.1) is 0 Å². The zero-order chi connectivity index (χ0) is 22.0. The van der Waals surface area contributed by atoms with Crippen LogP contribution in [0.4, 0.5) is 5.69 Å². The molecule has 0 bridgehead atoms. The summed E-state index contributed by atoms with van der Waals surface area (Å²) in [6.07, 6.45) is 2.30. The molecule has 2 aromatic heterocycles. The van der Waals surface area contributed by atoms with Crippen molar-refractivity contribution >= 4 is 44.8 Å². The SMILES string of the molecule is CCc1cc(NCc2ccc(OC)c(Cl)c2)cc(-c2ncc3ccsc3n2)c1C(=O)O. The Hall–Kier alpha value is -3.16. The molecule has 0 saturated heterocycles. The Labute approximate surface area is 188 Å². The molecule has 31 heavy (non-hydrogen) atoms. The van der Waals surface area contributed by atoms with Gasteiger partial charge in [-0.25, -0.2) is 14.8 Å². The fraction of sp³-hybridized carbons (Fsp3) is 0.174. The number of carboxylic acids is 1. The topological polar surface area (TPSA) is 84.3 Å². The molecule has 0 unspecified atom stereocenters. The Bertz CT molecular complexity index is 1270. The normalized spacial score (nSPS) is 10.9. The van der Waals surface area contributed by atoms with Gasteiger partial charge in [0.25, 0.3) is 0 Å². The number of nitrogens with one attached hydrogen (secondary N) is 1. The second kappa shape index (κ2) is 8.91. The van der Waals surface area contributed by atoms with Gasteiger partial charge in [-0.05, 0) is 53.3 Å². The van der Waals surface area contributed by atoms with E-state index in [1.54, 1.807) is 19.4 Å². The van der Waals surface area contributed by atoms with E-state index in [1.807, 2.05) is 42.6 Å². The number of nitrogens with zero attached hydrogens (tertiary/aromatic N) is 2. The van der Waals surface area contributed by atoms with Gasteiger partial charge in [0.05, 0.1) is 17.7 Å². The number of fused-ring (bicyclic) bond motifs is 1. The molecule has 158 valence electrons. The molecule has 0 aliphatic carbocycles. The van der Waals surface area contributed by atoms with E-state index in [9.17, 15) is 9.90 Å². The van der Waals surface area contributed by atoms with Gasteiger partial charge in [0.1, 0.15) is 10.6 Å². The maximum absolute atomic E-state index is 12.1. The number of aryl methyl sites for hydroxylation is 1. The van der Waals surface area contributed by atoms with E-state index < -0.39 is 5.97 Å². The fourth-order valence-corrected chi connectivity index (χ4v) is 4.44. The van der Waals surface area contributed by atoms with Crippen LogP contribution in [-0.4, -0.2) is 28.2 Å². The van der Waals surface area contributed by atoms with Crippen LogP contribution >= 0.6 is 22.9 Å². The van der Waals surface area contributed by atoms with Crippen molar-refractivity contribution < 1.29 is 14.6 Å². The molecule has 6 nitrogen and oxygen atoms in total. The van der Waals surface area contributed by atoms with Crippen molar-refractivity contribution in [2.45, 2.75) is 19.9 Å². The molecule has 0 spiro atoms. The van der Waals surface area contributed by atoms with Gasteiger partial charge in [-0.3, -0.25) is 0 Å². The van der Waals surface area contributed by atoms with Crippen molar-refractivity contribution in [2.75, 3.05) is 12.4 Å². The highest BCUT2D eigenvalue weighted by Gasteiger charge is 2.20. The smallest absolute Gasteiger partial charge is 0.336 e. The number of aromatic nitrogens is 2.